The Morgan fingerprint density at radius 3 is 3.00 bits per heavy atom. The second kappa shape index (κ2) is 6.29. The summed E-state index contributed by atoms with van der Waals surface area (Å²) in [5.74, 6) is 0.939. The van der Waals surface area contributed by atoms with Gasteiger partial charge in [-0.25, -0.2) is 0 Å². The van der Waals surface area contributed by atoms with Gasteiger partial charge in [0.1, 0.15) is 12.4 Å². The predicted molar refractivity (Wildman–Crippen MR) is 83.9 cm³/mol. The molecule has 1 aromatic carbocycles. The van der Waals surface area contributed by atoms with E-state index in [2.05, 4.69) is 33.4 Å². The lowest BCUT2D eigenvalue weighted by Gasteiger charge is -2.29. The van der Waals surface area contributed by atoms with E-state index in [0.717, 1.165) is 41.6 Å². The largest absolute Gasteiger partial charge is 0.489 e. The summed E-state index contributed by atoms with van der Waals surface area (Å²) in [7, 11) is 0. The van der Waals surface area contributed by atoms with Crippen LogP contribution in [0.1, 0.15) is 31.2 Å². The zero-order chi connectivity index (χ0) is 13.9. The highest BCUT2D eigenvalue weighted by atomic mass is 79.9. The summed E-state index contributed by atoms with van der Waals surface area (Å²) in [5.41, 5.74) is 2.35. The van der Waals surface area contributed by atoms with E-state index in [0.29, 0.717) is 6.61 Å². The Hall–Kier alpha value is -0.840. The van der Waals surface area contributed by atoms with Crippen LogP contribution in [-0.2, 0) is 0 Å². The molecule has 1 aromatic rings. The highest BCUT2D eigenvalue weighted by molar-refractivity contribution is 9.10. The minimum absolute atomic E-state index is 0.199. The summed E-state index contributed by atoms with van der Waals surface area (Å²) in [6, 6.07) is 6.29. The molecule has 0 radical (unpaired) electrons. The Labute approximate surface area is 128 Å². The van der Waals surface area contributed by atoms with E-state index >= 15 is 0 Å². The van der Waals surface area contributed by atoms with E-state index in [9.17, 15) is 5.11 Å². The van der Waals surface area contributed by atoms with Gasteiger partial charge in [-0.05, 0) is 42.7 Å². The van der Waals surface area contributed by atoms with Crippen molar-refractivity contribution in [2.75, 3.05) is 13.2 Å². The molecule has 20 heavy (non-hydrogen) atoms. The molecule has 3 nitrogen and oxygen atoms in total. The average molecular weight is 338 g/mol. The van der Waals surface area contributed by atoms with E-state index in [1.807, 2.05) is 12.1 Å². The highest BCUT2D eigenvalue weighted by Gasteiger charge is 2.23. The van der Waals surface area contributed by atoms with Crippen molar-refractivity contribution in [2.24, 2.45) is 0 Å². The van der Waals surface area contributed by atoms with E-state index in [4.69, 9.17) is 4.74 Å². The fraction of sp³-hybridized carbons (Fsp3) is 0.500. The standard InChI is InChI=1S/C16H20BrNO2/c17-13-5-6-16-12(8-13)7-11(10-20-16)9-18-14-3-1-2-4-15(14)19/h5-8,14-15,18-19H,1-4,9-10H2. The number of aliphatic hydroxyl groups excluding tert-OH is 1. The monoisotopic (exact) mass is 337 g/mol. The van der Waals surface area contributed by atoms with Crippen LogP contribution in [0.25, 0.3) is 6.08 Å². The van der Waals surface area contributed by atoms with Gasteiger partial charge in [-0.15, -0.1) is 0 Å². The number of ether oxygens (including phenoxy) is 1. The zero-order valence-electron chi connectivity index (χ0n) is 11.4. The molecule has 4 heteroatoms. The van der Waals surface area contributed by atoms with Crippen molar-refractivity contribution in [3.05, 3.63) is 33.8 Å². The third kappa shape index (κ3) is 3.25. The van der Waals surface area contributed by atoms with Crippen LogP contribution in [0.5, 0.6) is 5.75 Å². The first kappa shape index (κ1) is 14.1. The number of fused-ring (bicyclic) bond motifs is 1. The normalized spacial score (nSPS) is 25.6. The molecule has 1 saturated carbocycles. The fourth-order valence-corrected chi connectivity index (χ4v) is 3.29. The molecule has 2 unspecified atom stereocenters. The van der Waals surface area contributed by atoms with Gasteiger partial charge in [0.05, 0.1) is 6.10 Å². The lowest BCUT2D eigenvalue weighted by atomic mass is 9.92. The van der Waals surface area contributed by atoms with Gasteiger partial charge in [0, 0.05) is 22.6 Å². The molecule has 1 fully saturated rings. The third-order valence-electron chi connectivity index (χ3n) is 4.07. The Balaban J connectivity index is 1.63. The molecule has 108 valence electrons. The summed E-state index contributed by atoms with van der Waals surface area (Å²) in [6.45, 7) is 1.41. The topological polar surface area (TPSA) is 41.5 Å². The van der Waals surface area contributed by atoms with Crippen molar-refractivity contribution < 1.29 is 9.84 Å². The fourth-order valence-electron chi connectivity index (χ4n) is 2.91. The van der Waals surface area contributed by atoms with Gasteiger partial charge < -0.3 is 15.2 Å². The van der Waals surface area contributed by atoms with Crippen LogP contribution in [0.15, 0.2) is 28.2 Å². The van der Waals surface area contributed by atoms with Crippen LogP contribution in [-0.4, -0.2) is 30.4 Å². The molecule has 1 heterocycles. The van der Waals surface area contributed by atoms with Gasteiger partial charge in [0.15, 0.2) is 0 Å². The van der Waals surface area contributed by atoms with Crippen LogP contribution < -0.4 is 10.1 Å². The summed E-state index contributed by atoms with van der Waals surface area (Å²) in [5, 5.41) is 13.4. The van der Waals surface area contributed by atoms with Gasteiger partial charge in [-0.1, -0.05) is 28.8 Å². The molecular formula is C16H20BrNO2. The number of aliphatic hydroxyl groups is 1. The minimum atomic E-state index is -0.199. The highest BCUT2D eigenvalue weighted by Crippen LogP contribution is 2.29. The van der Waals surface area contributed by atoms with Crippen molar-refractivity contribution in [2.45, 2.75) is 37.8 Å². The van der Waals surface area contributed by atoms with E-state index < -0.39 is 0 Å². The molecule has 0 aromatic heterocycles. The number of rotatable bonds is 3. The zero-order valence-corrected chi connectivity index (χ0v) is 13.0. The summed E-state index contributed by atoms with van der Waals surface area (Å²) in [4.78, 5) is 0. The maximum Gasteiger partial charge on any atom is 0.127 e. The van der Waals surface area contributed by atoms with Crippen LogP contribution in [0.3, 0.4) is 0 Å². The molecule has 0 amide bonds. The first-order valence-corrected chi connectivity index (χ1v) is 8.05. The molecule has 1 aliphatic carbocycles. The molecule has 3 rings (SSSR count). The first-order chi connectivity index (χ1) is 9.72. The maximum atomic E-state index is 9.97. The van der Waals surface area contributed by atoms with Gasteiger partial charge >= 0.3 is 0 Å². The van der Waals surface area contributed by atoms with Gasteiger partial charge in [0.2, 0.25) is 0 Å². The van der Waals surface area contributed by atoms with E-state index in [-0.39, 0.29) is 12.1 Å². The first-order valence-electron chi connectivity index (χ1n) is 7.25. The molecule has 2 aliphatic rings. The van der Waals surface area contributed by atoms with Crippen LogP contribution in [0.2, 0.25) is 0 Å². The van der Waals surface area contributed by atoms with Gasteiger partial charge in [-0.2, -0.15) is 0 Å². The second-order valence-electron chi connectivity index (χ2n) is 5.61. The van der Waals surface area contributed by atoms with Crippen LogP contribution in [0.4, 0.5) is 0 Å². The Kier molecular flexibility index (Phi) is 4.44. The number of nitrogens with one attached hydrogen (secondary N) is 1. The van der Waals surface area contributed by atoms with Crippen molar-refractivity contribution >= 4 is 22.0 Å². The number of hydrogen-bond acceptors (Lipinski definition) is 3. The molecular weight excluding hydrogens is 318 g/mol. The third-order valence-corrected chi connectivity index (χ3v) is 4.56. The summed E-state index contributed by atoms with van der Waals surface area (Å²) in [6.07, 6.45) is 6.33. The second-order valence-corrected chi connectivity index (χ2v) is 6.53. The van der Waals surface area contributed by atoms with Crippen molar-refractivity contribution in [3.63, 3.8) is 0 Å². The lowest BCUT2D eigenvalue weighted by Crippen LogP contribution is -2.43. The quantitative estimate of drug-likeness (QED) is 0.890. The van der Waals surface area contributed by atoms with Gasteiger partial charge in [-0.3, -0.25) is 0 Å². The van der Waals surface area contributed by atoms with Crippen molar-refractivity contribution in [1.82, 2.24) is 5.32 Å². The number of benzene rings is 1. The molecule has 0 bridgehead atoms. The SMILES string of the molecule is OC1CCCCC1NCC1=Cc2cc(Br)ccc2OC1. The molecule has 2 atom stereocenters. The smallest absolute Gasteiger partial charge is 0.127 e. The van der Waals surface area contributed by atoms with Gasteiger partial charge in [0.25, 0.3) is 0 Å². The number of halogens is 1. The van der Waals surface area contributed by atoms with E-state index in [1.54, 1.807) is 0 Å². The summed E-state index contributed by atoms with van der Waals surface area (Å²) >= 11 is 3.49. The summed E-state index contributed by atoms with van der Waals surface area (Å²) < 4.78 is 6.83. The van der Waals surface area contributed by atoms with Crippen molar-refractivity contribution in [3.8, 4) is 5.75 Å². The Morgan fingerprint density at radius 2 is 2.15 bits per heavy atom. The van der Waals surface area contributed by atoms with Crippen LogP contribution >= 0.6 is 15.9 Å². The maximum absolute atomic E-state index is 9.97. The molecule has 2 N–H and O–H groups in total. The van der Waals surface area contributed by atoms with E-state index in [1.165, 1.54) is 12.0 Å². The van der Waals surface area contributed by atoms with Crippen molar-refractivity contribution in [1.29, 1.82) is 0 Å². The average Bonchev–Trinajstić information content (AvgIpc) is 2.46. The van der Waals surface area contributed by atoms with Crippen LogP contribution in [0, 0.1) is 0 Å². The predicted octanol–water partition coefficient (Wildman–Crippen LogP) is 3.12. The Morgan fingerprint density at radius 1 is 1.30 bits per heavy atom. The molecule has 0 saturated heterocycles. The lowest BCUT2D eigenvalue weighted by molar-refractivity contribution is 0.0922. The minimum Gasteiger partial charge on any atom is -0.489 e. The molecule has 0 spiro atoms. The number of hydrogen-bond donors (Lipinski definition) is 2. The Bertz CT molecular complexity index is 515. The molecule has 1 aliphatic heterocycles.